The summed E-state index contributed by atoms with van der Waals surface area (Å²) in [5.74, 6) is 0.388. The standard InChI is InChI=1S/C23H25N3O3/c1-29-18-12-8-11-17(15-18)26-23(28)20-14-7-6-13-19(20)21(25-26)22(27)24-16-9-4-2-3-5-10-16/h6-8,11-16H,2-5,9-10H2,1H3,(H,24,27). The first-order valence-corrected chi connectivity index (χ1v) is 10.1. The van der Waals surface area contributed by atoms with Crippen LogP contribution in [-0.4, -0.2) is 28.8 Å². The van der Waals surface area contributed by atoms with Gasteiger partial charge < -0.3 is 10.1 Å². The van der Waals surface area contributed by atoms with E-state index in [0.29, 0.717) is 22.2 Å². The quantitative estimate of drug-likeness (QED) is 0.686. The Hall–Kier alpha value is -3.15. The normalized spacial score (nSPS) is 15.1. The second-order valence-electron chi connectivity index (χ2n) is 7.47. The Morgan fingerprint density at radius 2 is 1.76 bits per heavy atom. The third-order valence-electron chi connectivity index (χ3n) is 5.51. The number of amides is 1. The van der Waals surface area contributed by atoms with Crippen LogP contribution >= 0.6 is 0 Å². The van der Waals surface area contributed by atoms with E-state index < -0.39 is 0 Å². The molecule has 1 saturated carbocycles. The van der Waals surface area contributed by atoms with E-state index in [2.05, 4.69) is 10.4 Å². The molecule has 0 saturated heterocycles. The van der Waals surface area contributed by atoms with Crippen molar-refractivity contribution in [3.63, 3.8) is 0 Å². The Balaban J connectivity index is 1.79. The highest BCUT2D eigenvalue weighted by molar-refractivity contribution is 6.05. The summed E-state index contributed by atoms with van der Waals surface area (Å²) in [5.41, 5.74) is 0.566. The highest BCUT2D eigenvalue weighted by atomic mass is 16.5. The number of carbonyl (C=O) groups excluding carboxylic acids is 1. The summed E-state index contributed by atoms with van der Waals surface area (Å²) >= 11 is 0. The first-order chi connectivity index (χ1) is 14.2. The van der Waals surface area contributed by atoms with Gasteiger partial charge in [-0.2, -0.15) is 9.78 Å². The van der Waals surface area contributed by atoms with Gasteiger partial charge in [0, 0.05) is 17.5 Å². The molecule has 1 aliphatic rings. The van der Waals surface area contributed by atoms with Gasteiger partial charge in [-0.3, -0.25) is 9.59 Å². The van der Waals surface area contributed by atoms with Gasteiger partial charge in [-0.1, -0.05) is 49.9 Å². The number of hydrogen-bond acceptors (Lipinski definition) is 4. The maximum atomic E-state index is 13.1. The van der Waals surface area contributed by atoms with Gasteiger partial charge in [0.1, 0.15) is 5.75 Å². The minimum Gasteiger partial charge on any atom is -0.497 e. The number of benzene rings is 2. The largest absolute Gasteiger partial charge is 0.497 e. The summed E-state index contributed by atoms with van der Waals surface area (Å²) in [5, 5.41) is 8.66. The van der Waals surface area contributed by atoms with E-state index in [1.165, 1.54) is 17.5 Å². The predicted molar refractivity (Wildman–Crippen MR) is 113 cm³/mol. The van der Waals surface area contributed by atoms with Crippen molar-refractivity contribution in [3.8, 4) is 11.4 Å². The second-order valence-corrected chi connectivity index (χ2v) is 7.47. The summed E-state index contributed by atoms with van der Waals surface area (Å²) in [6.07, 6.45) is 6.66. The topological polar surface area (TPSA) is 73.2 Å². The third-order valence-corrected chi connectivity index (χ3v) is 5.51. The first-order valence-electron chi connectivity index (χ1n) is 10.1. The number of rotatable bonds is 4. The van der Waals surface area contributed by atoms with Gasteiger partial charge in [0.2, 0.25) is 0 Å². The van der Waals surface area contributed by atoms with Gasteiger partial charge in [0.05, 0.1) is 18.2 Å². The van der Waals surface area contributed by atoms with Gasteiger partial charge >= 0.3 is 0 Å². The summed E-state index contributed by atoms with van der Waals surface area (Å²) < 4.78 is 6.56. The van der Waals surface area contributed by atoms with Gasteiger partial charge in [-0.15, -0.1) is 0 Å². The van der Waals surface area contributed by atoms with Crippen molar-refractivity contribution < 1.29 is 9.53 Å². The number of carbonyl (C=O) groups is 1. The fourth-order valence-electron chi connectivity index (χ4n) is 3.95. The SMILES string of the molecule is COc1cccc(-n2nc(C(=O)NC3CCCCCC3)c3ccccc3c2=O)c1. The van der Waals surface area contributed by atoms with Crippen molar-refractivity contribution >= 4 is 16.7 Å². The lowest BCUT2D eigenvalue weighted by Crippen LogP contribution is -2.36. The molecule has 1 aromatic heterocycles. The first kappa shape index (κ1) is 19.2. The van der Waals surface area contributed by atoms with Crippen LogP contribution in [0.1, 0.15) is 49.0 Å². The van der Waals surface area contributed by atoms with Gasteiger partial charge in [-0.05, 0) is 31.0 Å². The van der Waals surface area contributed by atoms with E-state index in [9.17, 15) is 9.59 Å². The number of nitrogens with zero attached hydrogens (tertiary/aromatic N) is 2. The van der Waals surface area contributed by atoms with E-state index in [1.54, 1.807) is 49.6 Å². The maximum absolute atomic E-state index is 13.1. The van der Waals surface area contributed by atoms with Crippen LogP contribution in [0.5, 0.6) is 5.75 Å². The van der Waals surface area contributed by atoms with Crippen LogP contribution in [0.3, 0.4) is 0 Å². The van der Waals surface area contributed by atoms with Crippen LogP contribution in [0.25, 0.3) is 16.5 Å². The smallest absolute Gasteiger partial charge is 0.279 e. The second kappa shape index (κ2) is 8.47. The van der Waals surface area contributed by atoms with Crippen LogP contribution in [0.4, 0.5) is 0 Å². The molecule has 1 N–H and O–H groups in total. The molecule has 6 heteroatoms. The molecule has 1 heterocycles. The number of ether oxygens (including phenoxy) is 1. The molecule has 0 unspecified atom stereocenters. The van der Waals surface area contributed by atoms with Crippen molar-refractivity contribution in [2.75, 3.05) is 7.11 Å². The molecule has 0 spiro atoms. The minimum atomic E-state index is -0.264. The number of hydrogen-bond donors (Lipinski definition) is 1. The Morgan fingerprint density at radius 1 is 1.03 bits per heavy atom. The minimum absolute atomic E-state index is 0.155. The Labute approximate surface area is 169 Å². The molecule has 6 nitrogen and oxygen atoms in total. The maximum Gasteiger partial charge on any atom is 0.279 e. The van der Waals surface area contributed by atoms with Gasteiger partial charge in [0.25, 0.3) is 11.5 Å². The molecule has 2 aromatic carbocycles. The molecule has 1 aliphatic carbocycles. The third kappa shape index (κ3) is 4.01. The summed E-state index contributed by atoms with van der Waals surface area (Å²) in [6, 6.07) is 14.4. The highest BCUT2D eigenvalue weighted by Crippen LogP contribution is 2.20. The zero-order valence-corrected chi connectivity index (χ0v) is 16.6. The Morgan fingerprint density at radius 3 is 2.48 bits per heavy atom. The monoisotopic (exact) mass is 391 g/mol. The average molecular weight is 391 g/mol. The molecule has 3 aromatic rings. The van der Waals surface area contributed by atoms with E-state index >= 15 is 0 Å². The Bertz CT molecular complexity index is 1080. The molecule has 0 aliphatic heterocycles. The van der Waals surface area contributed by atoms with Crippen molar-refractivity contribution in [1.82, 2.24) is 15.1 Å². The summed E-state index contributed by atoms with van der Waals surface area (Å²) in [4.78, 5) is 26.2. The van der Waals surface area contributed by atoms with Crippen molar-refractivity contribution in [2.45, 2.75) is 44.6 Å². The fraction of sp³-hybridized carbons (Fsp3) is 0.348. The lowest BCUT2D eigenvalue weighted by Gasteiger charge is -2.17. The van der Waals surface area contributed by atoms with E-state index in [1.807, 2.05) is 6.07 Å². The molecule has 0 atom stereocenters. The van der Waals surface area contributed by atoms with E-state index in [4.69, 9.17) is 4.74 Å². The molecule has 4 rings (SSSR count). The van der Waals surface area contributed by atoms with Gasteiger partial charge in [-0.25, -0.2) is 0 Å². The molecule has 29 heavy (non-hydrogen) atoms. The number of nitrogens with one attached hydrogen (secondary N) is 1. The average Bonchev–Trinajstić information content (AvgIpc) is 3.03. The predicted octanol–water partition coefficient (Wildman–Crippen LogP) is 3.85. The lowest BCUT2D eigenvalue weighted by molar-refractivity contribution is 0.0928. The van der Waals surface area contributed by atoms with Gasteiger partial charge in [0.15, 0.2) is 5.69 Å². The molecular formula is C23H25N3O3. The lowest BCUT2D eigenvalue weighted by atomic mass is 10.1. The van der Waals surface area contributed by atoms with Crippen LogP contribution in [0.2, 0.25) is 0 Å². The van der Waals surface area contributed by atoms with Crippen molar-refractivity contribution in [2.24, 2.45) is 0 Å². The molecule has 150 valence electrons. The molecule has 0 radical (unpaired) electrons. The van der Waals surface area contributed by atoms with Crippen LogP contribution in [0.15, 0.2) is 53.3 Å². The highest BCUT2D eigenvalue weighted by Gasteiger charge is 2.21. The van der Waals surface area contributed by atoms with Crippen LogP contribution in [-0.2, 0) is 0 Å². The zero-order chi connectivity index (χ0) is 20.2. The molecule has 0 bridgehead atoms. The van der Waals surface area contributed by atoms with Crippen molar-refractivity contribution in [3.05, 3.63) is 64.6 Å². The molecular weight excluding hydrogens is 366 g/mol. The van der Waals surface area contributed by atoms with Crippen LogP contribution in [0, 0.1) is 0 Å². The number of methoxy groups -OCH3 is 1. The van der Waals surface area contributed by atoms with Crippen LogP contribution < -0.4 is 15.6 Å². The van der Waals surface area contributed by atoms with E-state index in [0.717, 1.165) is 25.7 Å². The Kier molecular flexibility index (Phi) is 5.60. The zero-order valence-electron chi connectivity index (χ0n) is 16.6. The fourth-order valence-corrected chi connectivity index (χ4v) is 3.95. The molecule has 1 fully saturated rings. The van der Waals surface area contributed by atoms with Crippen molar-refractivity contribution in [1.29, 1.82) is 0 Å². The summed E-state index contributed by atoms with van der Waals surface area (Å²) in [7, 11) is 1.57. The van der Waals surface area contributed by atoms with E-state index in [-0.39, 0.29) is 23.2 Å². The number of aromatic nitrogens is 2. The summed E-state index contributed by atoms with van der Waals surface area (Å²) in [6.45, 7) is 0. The molecule has 1 amide bonds. The number of fused-ring (bicyclic) bond motifs is 1.